The van der Waals surface area contributed by atoms with Crippen LogP contribution in [0, 0.1) is 5.92 Å². The number of carboxylic acids is 2. The first-order valence-electron chi connectivity index (χ1n) is 10.5. The third-order valence-corrected chi connectivity index (χ3v) is 5.68. The van der Waals surface area contributed by atoms with Gasteiger partial charge in [-0.3, -0.25) is 9.59 Å². The first-order chi connectivity index (χ1) is 16.5. The van der Waals surface area contributed by atoms with Crippen molar-refractivity contribution in [2.45, 2.75) is 19.1 Å². The summed E-state index contributed by atoms with van der Waals surface area (Å²) in [5.41, 5.74) is -0.452. The maximum atomic E-state index is 13.0. The Morgan fingerprint density at radius 1 is 1.03 bits per heavy atom. The Balaban J connectivity index is 1.50. The summed E-state index contributed by atoms with van der Waals surface area (Å²) >= 11 is 0. The van der Waals surface area contributed by atoms with Crippen molar-refractivity contribution in [2.24, 2.45) is 5.92 Å². The summed E-state index contributed by atoms with van der Waals surface area (Å²) in [4.78, 5) is 44.8. The number of amides is 1. The molecule has 1 saturated heterocycles. The van der Waals surface area contributed by atoms with Gasteiger partial charge in [-0.2, -0.15) is 13.2 Å². The Morgan fingerprint density at radius 3 is 2.34 bits per heavy atom. The number of hydrogen-bond donors (Lipinski definition) is 3. The quantitative estimate of drug-likeness (QED) is 0.480. The van der Waals surface area contributed by atoms with Crippen molar-refractivity contribution >= 4 is 34.7 Å². The van der Waals surface area contributed by atoms with E-state index in [2.05, 4.69) is 15.3 Å². The molecule has 3 N–H and O–H groups in total. The van der Waals surface area contributed by atoms with Crippen LogP contribution in [0.1, 0.15) is 38.4 Å². The number of halogens is 3. The van der Waals surface area contributed by atoms with Crippen LogP contribution in [-0.4, -0.2) is 56.0 Å². The highest BCUT2D eigenvalue weighted by molar-refractivity contribution is 5.95. The molecule has 1 aliphatic rings. The minimum absolute atomic E-state index is 0.0101. The van der Waals surface area contributed by atoms with Gasteiger partial charge in [0.05, 0.1) is 22.5 Å². The van der Waals surface area contributed by atoms with Crippen LogP contribution in [0.15, 0.2) is 42.5 Å². The molecule has 9 nitrogen and oxygen atoms in total. The third-order valence-electron chi connectivity index (χ3n) is 5.68. The van der Waals surface area contributed by atoms with E-state index in [0.717, 1.165) is 18.2 Å². The van der Waals surface area contributed by atoms with Gasteiger partial charge in [0.2, 0.25) is 0 Å². The first-order valence-corrected chi connectivity index (χ1v) is 10.5. The highest BCUT2D eigenvalue weighted by Crippen LogP contribution is 2.31. The molecule has 2 heterocycles. The topological polar surface area (TPSA) is 133 Å². The van der Waals surface area contributed by atoms with Crippen molar-refractivity contribution in [2.75, 3.05) is 18.4 Å². The van der Waals surface area contributed by atoms with E-state index in [-0.39, 0.29) is 35.8 Å². The number of nitrogens with one attached hydrogen (secondary N) is 1. The monoisotopic (exact) mass is 488 g/mol. The van der Waals surface area contributed by atoms with Gasteiger partial charge in [-0.15, -0.1) is 0 Å². The first kappa shape index (κ1) is 23.9. The lowest BCUT2D eigenvalue weighted by Gasteiger charge is -2.16. The second-order valence-corrected chi connectivity index (χ2v) is 8.05. The zero-order valence-corrected chi connectivity index (χ0v) is 18.0. The molecule has 2 aromatic carbocycles. The molecule has 0 saturated carbocycles. The van der Waals surface area contributed by atoms with Gasteiger partial charge >= 0.3 is 18.1 Å². The molecular formula is C23H19F3N4O5. The summed E-state index contributed by atoms with van der Waals surface area (Å²) in [7, 11) is 0. The molecule has 0 bridgehead atoms. The van der Waals surface area contributed by atoms with Crippen molar-refractivity contribution in [3.05, 3.63) is 64.8 Å². The van der Waals surface area contributed by atoms with Crippen molar-refractivity contribution in [1.82, 2.24) is 14.9 Å². The molecule has 182 valence electrons. The van der Waals surface area contributed by atoms with Crippen LogP contribution >= 0.6 is 0 Å². The number of rotatable bonds is 6. The molecule has 1 aliphatic heterocycles. The largest absolute Gasteiger partial charge is 0.481 e. The molecule has 3 aromatic rings. The standard InChI is InChI=1S/C23H19F3N4O5/c24-23(25,26)15-5-6-16-17(9-15)29-19(18(28-16)22(34)35)27-10-12-1-3-13(4-2-12)20(31)30-8-7-14(11-30)21(32)33/h1-6,9,14H,7-8,10-11H2,(H,27,29)(H,32,33)(H,34,35). The summed E-state index contributed by atoms with van der Waals surface area (Å²) in [6.07, 6.45) is -4.19. The normalized spacial score (nSPS) is 15.9. The van der Waals surface area contributed by atoms with Gasteiger partial charge in [0.25, 0.3) is 5.91 Å². The Hall–Kier alpha value is -4.22. The zero-order valence-electron chi connectivity index (χ0n) is 18.0. The Morgan fingerprint density at radius 2 is 1.74 bits per heavy atom. The summed E-state index contributed by atoms with van der Waals surface area (Å²) in [6.45, 7) is 0.568. The lowest BCUT2D eigenvalue weighted by Crippen LogP contribution is -2.29. The zero-order chi connectivity index (χ0) is 25.3. The minimum atomic E-state index is -4.59. The molecule has 1 amide bonds. The number of likely N-dealkylation sites (tertiary alicyclic amines) is 1. The number of carbonyl (C=O) groups excluding carboxylic acids is 1. The van der Waals surface area contributed by atoms with E-state index in [4.69, 9.17) is 5.11 Å². The number of nitrogens with zero attached hydrogens (tertiary/aromatic N) is 3. The number of hydrogen-bond acceptors (Lipinski definition) is 6. The SMILES string of the molecule is O=C(O)c1nc2ccc(C(F)(F)F)cc2nc1NCc1ccc(C(=O)N2CCC(C(=O)O)C2)cc1. The predicted octanol–water partition coefficient (Wildman–Crippen LogP) is 3.51. The van der Waals surface area contributed by atoms with Gasteiger partial charge in [0.1, 0.15) is 0 Å². The van der Waals surface area contributed by atoms with Crippen LogP contribution in [0.3, 0.4) is 0 Å². The van der Waals surface area contributed by atoms with E-state index in [0.29, 0.717) is 24.1 Å². The molecule has 0 radical (unpaired) electrons. The van der Waals surface area contributed by atoms with E-state index in [1.54, 1.807) is 24.3 Å². The van der Waals surface area contributed by atoms with Gasteiger partial charge in [-0.25, -0.2) is 14.8 Å². The van der Waals surface area contributed by atoms with Crippen molar-refractivity contribution < 1.29 is 37.8 Å². The molecule has 0 spiro atoms. The fourth-order valence-corrected chi connectivity index (χ4v) is 3.78. The van der Waals surface area contributed by atoms with Gasteiger partial charge in [-0.05, 0) is 42.3 Å². The van der Waals surface area contributed by atoms with Gasteiger partial charge in [0, 0.05) is 25.2 Å². The highest BCUT2D eigenvalue weighted by atomic mass is 19.4. The Kier molecular flexibility index (Phi) is 6.29. The summed E-state index contributed by atoms with van der Waals surface area (Å²) in [5, 5.41) is 21.3. The van der Waals surface area contributed by atoms with Crippen LogP contribution in [0.2, 0.25) is 0 Å². The van der Waals surface area contributed by atoms with Crippen LogP contribution in [0.4, 0.5) is 19.0 Å². The fourth-order valence-electron chi connectivity index (χ4n) is 3.78. The maximum absolute atomic E-state index is 13.0. The van der Waals surface area contributed by atoms with Crippen LogP contribution in [-0.2, 0) is 17.5 Å². The van der Waals surface area contributed by atoms with Gasteiger partial charge in [-0.1, -0.05) is 12.1 Å². The molecule has 35 heavy (non-hydrogen) atoms. The summed E-state index contributed by atoms with van der Waals surface area (Å²) in [5.74, 6) is -3.40. The van der Waals surface area contributed by atoms with E-state index in [1.807, 2.05) is 0 Å². The molecule has 1 unspecified atom stereocenters. The number of carboxylic acid groups (broad SMARTS) is 2. The van der Waals surface area contributed by atoms with E-state index in [1.165, 1.54) is 4.90 Å². The Bertz CT molecular complexity index is 1310. The predicted molar refractivity (Wildman–Crippen MR) is 117 cm³/mol. The number of aliphatic carboxylic acids is 1. The van der Waals surface area contributed by atoms with Crippen molar-refractivity contribution in [3.63, 3.8) is 0 Å². The molecule has 1 atom stereocenters. The van der Waals surface area contributed by atoms with Crippen molar-refractivity contribution in [3.8, 4) is 0 Å². The highest BCUT2D eigenvalue weighted by Gasteiger charge is 2.32. The van der Waals surface area contributed by atoms with E-state index >= 15 is 0 Å². The van der Waals surface area contributed by atoms with Crippen LogP contribution < -0.4 is 5.32 Å². The molecule has 4 rings (SSSR count). The van der Waals surface area contributed by atoms with Crippen LogP contribution in [0.25, 0.3) is 11.0 Å². The minimum Gasteiger partial charge on any atom is -0.481 e. The average molecular weight is 488 g/mol. The van der Waals surface area contributed by atoms with Gasteiger partial charge < -0.3 is 20.4 Å². The second kappa shape index (κ2) is 9.20. The number of alkyl halides is 3. The fraction of sp³-hybridized carbons (Fsp3) is 0.261. The van der Waals surface area contributed by atoms with Crippen molar-refractivity contribution in [1.29, 1.82) is 0 Å². The summed E-state index contributed by atoms with van der Waals surface area (Å²) < 4.78 is 39.1. The number of fused-ring (bicyclic) bond motifs is 1. The molecule has 0 aliphatic carbocycles. The Labute approximate surface area is 196 Å². The molecule has 1 aromatic heterocycles. The lowest BCUT2D eigenvalue weighted by atomic mass is 10.1. The van der Waals surface area contributed by atoms with Crippen LogP contribution in [0.5, 0.6) is 0 Å². The summed E-state index contributed by atoms with van der Waals surface area (Å²) in [6, 6.07) is 9.05. The smallest absolute Gasteiger partial charge is 0.416 e. The second-order valence-electron chi connectivity index (χ2n) is 8.05. The number of carbonyl (C=O) groups is 3. The molecular weight excluding hydrogens is 469 g/mol. The number of anilines is 1. The number of benzene rings is 2. The molecule has 12 heteroatoms. The number of aromatic carboxylic acids is 1. The number of aromatic nitrogens is 2. The molecule has 1 fully saturated rings. The lowest BCUT2D eigenvalue weighted by molar-refractivity contribution is -0.141. The van der Waals surface area contributed by atoms with Gasteiger partial charge in [0.15, 0.2) is 11.5 Å². The van der Waals surface area contributed by atoms with E-state index < -0.39 is 35.3 Å². The average Bonchev–Trinajstić information content (AvgIpc) is 3.32. The van der Waals surface area contributed by atoms with E-state index in [9.17, 15) is 32.7 Å². The maximum Gasteiger partial charge on any atom is 0.416 e. The third kappa shape index (κ3) is 5.15.